The molecule has 66 valence electrons. The van der Waals surface area contributed by atoms with Crippen molar-refractivity contribution in [1.82, 2.24) is 4.90 Å². The summed E-state index contributed by atoms with van der Waals surface area (Å²) in [6, 6.07) is 0. The lowest BCUT2D eigenvalue weighted by Gasteiger charge is -2.17. The lowest BCUT2D eigenvalue weighted by molar-refractivity contribution is -0.128. The number of amides is 1. The standard InChI is InChI=1S/C7H14ClNOS/c1-6(8)7(10)9(2)4-5-11-3/h6H,4-5H2,1-3H3. The Morgan fingerprint density at radius 3 is 2.64 bits per heavy atom. The van der Waals surface area contributed by atoms with Crippen molar-refractivity contribution in [2.75, 3.05) is 25.6 Å². The Hall–Kier alpha value is 0.110. The lowest BCUT2D eigenvalue weighted by Crippen LogP contribution is -2.33. The second-order valence-corrected chi connectivity index (χ2v) is 4.01. The number of halogens is 1. The number of thioether (sulfide) groups is 1. The van der Waals surface area contributed by atoms with Crippen LogP contribution >= 0.6 is 23.4 Å². The third-order valence-electron chi connectivity index (χ3n) is 1.35. The number of rotatable bonds is 4. The molecule has 0 heterocycles. The van der Waals surface area contributed by atoms with E-state index in [1.807, 2.05) is 6.26 Å². The predicted molar refractivity (Wildman–Crippen MR) is 51.3 cm³/mol. The Bertz CT molecular complexity index is 130. The summed E-state index contributed by atoms with van der Waals surface area (Å²) in [5.41, 5.74) is 0. The Morgan fingerprint density at radius 2 is 2.27 bits per heavy atom. The van der Waals surface area contributed by atoms with Crippen LogP contribution in [0.15, 0.2) is 0 Å². The maximum Gasteiger partial charge on any atom is 0.240 e. The predicted octanol–water partition coefficient (Wildman–Crippen LogP) is 1.44. The summed E-state index contributed by atoms with van der Waals surface area (Å²) in [5.74, 6) is 0.965. The van der Waals surface area contributed by atoms with Gasteiger partial charge in [-0.2, -0.15) is 11.8 Å². The summed E-state index contributed by atoms with van der Waals surface area (Å²) < 4.78 is 0. The normalized spacial score (nSPS) is 12.7. The average Bonchev–Trinajstić information content (AvgIpc) is 1.98. The van der Waals surface area contributed by atoms with E-state index in [4.69, 9.17) is 11.6 Å². The molecule has 0 bridgehead atoms. The zero-order chi connectivity index (χ0) is 8.85. The van der Waals surface area contributed by atoms with Gasteiger partial charge in [0.05, 0.1) is 0 Å². The van der Waals surface area contributed by atoms with Gasteiger partial charge in [0.1, 0.15) is 5.38 Å². The largest absolute Gasteiger partial charge is 0.344 e. The van der Waals surface area contributed by atoms with Gasteiger partial charge in [-0.1, -0.05) is 0 Å². The Balaban J connectivity index is 3.64. The van der Waals surface area contributed by atoms with Gasteiger partial charge in [-0.25, -0.2) is 0 Å². The smallest absolute Gasteiger partial charge is 0.240 e. The molecule has 0 radical (unpaired) electrons. The molecule has 0 aliphatic heterocycles. The third-order valence-corrected chi connectivity index (χ3v) is 2.12. The highest BCUT2D eigenvalue weighted by Gasteiger charge is 2.13. The van der Waals surface area contributed by atoms with Crippen LogP contribution in [0.4, 0.5) is 0 Å². The summed E-state index contributed by atoms with van der Waals surface area (Å²) in [5, 5.41) is -0.401. The number of carbonyl (C=O) groups is 1. The van der Waals surface area contributed by atoms with Gasteiger partial charge in [-0.05, 0) is 13.2 Å². The minimum absolute atomic E-state index is 0.000664. The number of carbonyl (C=O) groups excluding carboxylic acids is 1. The maximum atomic E-state index is 11.1. The summed E-state index contributed by atoms with van der Waals surface area (Å²) in [6.07, 6.45) is 2.02. The van der Waals surface area contributed by atoms with E-state index in [1.54, 1.807) is 30.6 Å². The van der Waals surface area contributed by atoms with E-state index >= 15 is 0 Å². The molecular formula is C7H14ClNOS. The van der Waals surface area contributed by atoms with Gasteiger partial charge in [-0.3, -0.25) is 4.79 Å². The second kappa shape index (κ2) is 5.72. The molecule has 2 nitrogen and oxygen atoms in total. The fourth-order valence-electron chi connectivity index (χ4n) is 0.642. The molecule has 0 rings (SSSR count). The first-order valence-corrected chi connectivity index (χ1v) is 5.30. The summed E-state index contributed by atoms with van der Waals surface area (Å²) >= 11 is 7.33. The van der Waals surface area contributed by atoms with E-state index in [2.05, 4.69) is 0 Å². The van der Waals surface area contributed by atoms with Crippen molar-refractivity contribution in [3.63, 3.8) is 0 Å². The molecule has 1 atom stereocenters. The highest BCUT2D eigenvalue weighted by molar-refractivity contribution is 7.98. The molecule has 0 saturated heterocycles. The van der Waals surface area contributed by atoms with Crippen LogP contribution in [0.1, 0.15) is 6.92 Å². The van der Waals surface area contributed by atoms with Crippen molar-refractivity contribution in [1.29, 1.82) is 0 Å². The highest BCUT2D eigenvalue weighted by atomic mass is 35.5. The fourth-order valence-corrected chi connectivity index (χ4v) is 1.27. The second-order valence-electron chi connectivity index (χ2n) is 2.37. The number of nitrogens with zero attached hydrogens (tertiary/aromatic N) is 1. The minimum Gasteiger partial charge on any atom is -0.344 e. The molecule has 11 heavy (non-hydrogen) atoms. The lowest BCUT2D eigenvalue weighted by atomic mass is 10.4. The monoisotopic (exact) mass is 195 g/mol. The molecular weight excluding hydrogens is 182 g/mol. The van der Waals surface area contributed by atoms with E-state index in [0.29, 0.717) is 0 Å². The zero-order valence-electron chi connectivity index (χ0n) is 7.13. The van der Waals surface area contributed by atoms with Crippen molar-refractivity contribution in [3.05, 3.63) is 0 Å². The molecule has 1 unspecified atom stereocenters. The summed E-state index contributed by atoms with van der Waals surface area (Å²) in [6.45, 7) is 2.47. The number of alkyl halides is 1. The van der Waals surface area contributed by atoms with Gasteiger partial charge >= 0.3 is 0 Å². The number of hydrogen-bond donors (Lipinski definition) is 0. The molecule has 0 fully saturated rings. The van der Waals surface area contributed by atoms with Crippen LogP contribution in [-0.2, 0) is 4.79 Å². The Morgan fingerprint density at radius 1 is 1.73 bits per heavy atom. The van der Waals surface area contributed by atoms with Crippen LogP contribution in [0.5, 0.6) is 0 Å². The van der Waals surface area contributed by atoms with Gasteiger partial charge in [0.2, 0.25) is 5.91 Å². The van der Waals surface area contributed by atoms with Crippen LogP contribution in [0.3, 0.4) is 0 Å². The topological polar surface area (TPSA) is 20.3 Å². The van der Waals surface area contributed by atoms with E-state index in [-0.39, 0.29) is 5.91 Å². The van der Waals surface area contributed by atoms with Gasteiger partial charge in [0.25, 0.3) is 0 Å². The van der Waals surface area contributed by atoms with Crippen molar-refractivity contribution in [2.24, 2.45) is 0 Å². The van der Waals surface area contributed by atoms with Gasteiger partial charge in [0, 0.05) is 19.3 Å². The van der Waals surface area contributed by atoms with Crippen molar-refractivity contribution < 1.29 is 4.79 Å². The van der Waals surface area contributed by atoms with Gasteiger partial charge in [-0.15, -0.1) is 11.6 Å². The number of hydrogen-bond acceptors (Lipinski definition) is 2. The first-order chi connectivity index (χ1) is 5.09. The minimum atomic E-state index is -0.401. The third kappa shape index (κ3) is 4.53. The van der Waals surface area contributed by atoms with E-state index < -0.39 is 5.38 Å². The highest BCUT2D eigenvalue weighted by Crippen LogP contribution is 2.00. The molecule has 0 aliphatic carbocycles. The van der Waals surface area contributed by atoms with E-state index in [1.165, 1.54) is 0 Å². The molecule has 0 saturated carbocycles. The quantitative estimate of drug-likeness (QED) is 0.633. The Labute approximate surface area is 77.3 Å². The summed E-state index contributed by atoms with van der Waals surface area (Å²) in [7, 11) is 1.78. The molecule has 1 amide bonds. The average molecular weight is 196 g/mol. The van der Waals surface area contributed by atoms with E-state index in [9.17, 15) is 4.79 Å². The molecule has 0 aromatic heterocycles. The molecule has 0 aliphatic rings. The van der Waals surface area contributed by atoms with Crippen LogP contribution in [0.2, 0.25) is 0 Å². The van der Waals surface area contributed by atoms with Crippen LogP contribution in [0.25, 0.3) is 0 Å². The Kier molecular flexibility index (Phi) is 5.78. The molecule has 4 heteroatoms. The summed E-state index contributed by atoms with van der Waals surface area (Å²) in [4.78, 5) is 12.8. The maximum absolute atomic E-state index is 11.1. The SMILES string of the molecule is CSCCN(C)C(=O)C(C)Cl. The first-order valence-electron chi connectivity index (χ1n) is 3.47. The van der Waals surface area contributed by atoms with Crippen molar-refractivity contribution >= 4 is 29.3 Å². The molecule has 0 spiro atoms. The first kappa shape index (κ1) is 11.1. The van der Waals surface area contributed by atoms with Gasteiger partial charge in [0.15, 0.2) is 0 Å². The molecule has 0 N–H and O–H groups in total. The van der Waals surface area contributed by atoms with Gasteiger partial charge < -0.3 is 4.90 Å². The van der Waals surface area contributed by atoms with Crippen LogP contribution in [0, 0.1) is 0 Å². The van der Waals surface area contributed by atoms with Crippen molar-refractivity contribution in [3.8, 4) is 0 Å². The molecule has 0 aromatic carbocycles. The van der Waals surface area contributed by atoms with Crippen molar-refractivity contribution in [2.45, 2.75) is 12.3 Å². The van der Waals surface area contributed by atoms with Crippen LogP contribution < -0.4 is 0 Å². The van der Waals surface area contributed by atoms with E-state index in [0.717, 1.165) is 12.3 Å². The zero-order valence-corrected chi connectivity index (χ0v) is 8.71. The molecule has 0 aromatic rings. The van der Waals surface area contributed by atoms with Crippen LogP contribution in [-0.4, -0.2) is 41.8 Å². The fraction of sp³-hybridized carbons (Fsp3) is 0.857.